The fourth-order valence-corrected chi connectivity index (χ4v) is 1.43. The second-order valence-corrected chi connectivity index (χ2v) is 3.98. The predicted octanol–water partition coefficient (Wildman–Crippen LogP) is 1.84. The number of carbonyl (C=O) groups excluding carboxylic acids is 1. The van der Waals surface area contributed by atoms with Gasteiger partial charge in [0.25, 0.3) is 5.69 Å². The van der Waals surface area contributed by atoms with Crippen LogP contribution < -0.4 is 10.6 Å². The van der Waals surface area contributed by atoms with Crippen LogP contribution in [0.4, 0.5) is 11.4 Å². The number of amides is 1. The molecule has 0 saturated heterocycles. The summed E-state index contributed by atoms with van der Waals surface area (Å²) in [4.78, 5) is 21.7. The predicted molar refractivity (Wildman–Crippen MR) is 69.6 cm³/mol. The fraction of sp³-hybridized carbons (Fsp3) is 0.417. The van der Waals surface area contributed by atoms with Crippen molar-refractivity contribution in [2.24, 2.45) is 0 Å². The summed E-state index contributed by atoms with van der Waals surface area (Å²) >= 11 is 0. The number of nitrogens with zero attached hydrogens (tertiary/aromatic N) is 1. The first kappa shape index (κ1) is 14.1. The number of aryl methyl sites for hydroxylation is 1. The van der Waals surface area contributed by atoms with Crippen LogP contribution in [0.2, 0.25) is 0 Å². The normalized spacial score (nSPS) is 10.1. The Morgan fingerprint density at radius 3 is 2.78 bits per heavy atom. The lowest BCUT2D eigenvalue weighted by Crippen LogP contribution is -2.28. The van der Waals surface area contributed by atoms with Crippen LogP contribution in [-0.4, -0.2) is 23.9 Å². The molecule has 0 bridgehead atoms. The first-order valence-electron chi connectivity index (χ1n) is 5.80. The third kappa shape index (κ3) is 4.14. The minimum atomic E-state index is -0.482. The molecule has 0 spiro atoms. The molecule has 0 atom stereocenters. The molecule has 1 amide bonds. The van der Waals surface area contributed by atoms with E-state index in [1.165, 1.54) is 12.1 Å². The maximum atomic E-state index is 11.6. The molecule has 1 aromatic rings. The molecule has 98 valence electrons. The SMILES string of the molecule is CCCNCC(=O)Nc1cc([N+](=O)[O-])ccc1C. The van der Waals surface area contributed by atoms with Gasteiger partial charge in [0.1, 0.15) is 0 Å². The zero-order chi connectivity index (χ0) is 13.5. The van der Waals surface area contributed by atoms with Crippen molar-refractivity contribution in [3.8, 4) is 0 Å². The molecule has 0 aliphatic rings. The van der Waals surface area contributed by atoms with Gasteiger partial charge in [0.15, 0.2) is 0 Å². The van der Waals surface area contributed by atoms with Gasteiger partial charge in [-0.2, -0.15) is 0 Å². The van der Waals surface area contributed by atoms with E-state index in [0.29, 0.717) is 5.69 Å². The highest BCUT2D eigenvalue weighted by Gasteiger charge is 2.10. The summed E-state index contributed by atoms with van der Waals surface area (Å²) in [5.74, 6) is -0.202. The molecule has 0 saturated carbocycles. The van der Waals surface area contributed by atoms with Crippen molar-refractivity contribution in [3.63, 3.8) is 0 Å². The van der Waals surface area contributed by atoms with Gasteiger partial charge in [-0.05, 0) is 25.5 Å². The van der Waals surface area contributed by atoms with E-state index in [1.807, 2.05) is 6.92 Å². The van der Waals surface area contributed by atoms with E-state index < -0.39 is 4.92 Å². The fourth-order valence-electron chi connectivity index (χ4n) is 1.43. The molecule has 0 aliphatic heterocycles. The van der Waals surface area contributed by atoms with Crippen LogP contribution in [0.15, 0.2) is 18.2 Å². The highest BCUT2D eigenvalue weighted by molar-refractivity contribution is 5.93. The maximum absolute atomic E-state index is 11.6. The van der Waals surface area contributed by atoms with Crippen molar-refractivity contribution < 1.29 is 9.72 Å². The van der Waals surface area contributed by atoms with Gasteiger partial charge in [-0.25, -0.2) is 0 Å². The van der Waals surface area contributed by atoms with Crippen molar-refractivity contribution in [1.29, 1.82) is 0 Å². The standard InChI is InChI=1S/C12H17N3O3/c1-3-6-13-8-12(16)14-11-7-10(15(17)18)5-4-9(11)2/h4-5,7,13H,3,6,8H2,1-2H3,(H,14,16). The van der Waals surface area contributed by atoms with E-state index in [4.69, 9.17) is 0 Å². The minimum Gasteiger partial charge on any atom is -0.324 e. The Hall–Kier alpha value is -1.95. The van der Waals surface area contributed by atoms with Crippen LogP contribution in [0, 0.1) is 17.0 Å². The Labute approximate surface area is 106 Å². The van der Waals surface area contributed by atoms with Gasteiger partial charge >= 0.3 is 0 Å². The molecule has 0 aromatic heterocycles. The third-order valence-corrected chi connectivity index (χ3v) is 2.42. The van der Waals surface area contributed by atoms with Crippen LogP contribution in [0.1, 0.15) is 18.9 Å². The molecule has 0 radical (unpaired) electrons. The van der Waals surface area contributed by atoms with Crippen LogP contribution in [0.25, 0.3) is 0 Å². The smallest absolute Gasteiger partial charge is 0.271 e. The van der Waals surface area contributed by atoms with E-state index in [-0.39, 0.29) is 18.1 Å². The summed E-state index contributed by atoms with van der Waals surface area (Å²) in [5, 5.41) is 16.3. The van der Waals surface area contributed by atoms with Crippen LogP contribution >= 0.6 is 0 Å². The van der Waals surface area contributed by atoms with Crippen molar-refractivity contribution in [1.82, 2.24) is 5.32 Å². The number of non-ortho nitro benzene ring substituents is 1. The summed E-state index contributed by atoms with van der Waals surface area (Å²) in [6.07, 6.45) is 0.948. The Morgan fingerprint density at radius 2 is 2.17 bits per heavy atom. The highest BCUT2D eigenvalue weighted by atomic mass is 16.6. The highest BCUT2D eigenvalue weighted by Crippen LogP contribution is 2.21. The number of benzene rings is 1. The number of nitro benzene ring substituents is 1. The number of hydrogen-bond acceptors (Lipinski definition) is 4. The molecule has 0 heterocycles. The lowest BCUT2D eigenvalue weighted by molar-refractivity contribution is -0.384. The Morgan fingerprint density at radius 1 is 1.44 bits per heavy atom. The molecule has 18 heavy (non-hydrogen) atoms. The third-order valence-electron chi connectivity index (χ3n) is 2.42. The molecular formula is C12H17N3O3. The molecule has 0 unspecified atom stereocenters. The lowest BCUT2D eigenvalue weighted by Gasteiger charge is -2.08. The van der Waals surface area contributed by atoms with Gasteiger partial charge in [0, 0.05) is 12.1 Å². The Balaban J connectivity index is 2.68. The van der Waals surface area contributed by atoms with Gasteiger partial charge in [0.2, 0.25) is 5.91 Å². The lowest BCUT2D eigenvalue weighted by atomic mass is 10.2. The summed E-state index contributed by atoms with van der Waals surface area (Å²) in [6.45, 7) is 4.77. The van der Waals surface area contributed by atoms with Crippen molar-refractivity contribution in [3.05, 3.63) is 33.9 Å². The van der Waals surface area contributed by atoms with E-state index in [0.717, 1.165) is 18.5 Å². The number of rotatable bonds is 6. The van der Waals surface area contributed by atoms with Crippen LogP contribution in [0.3, 0.4) is 0 Å². The van der Waals surface area contributed by atoms with E-state index >= 15 is 0 Å². The molecule has 6 nitrogen and oxygen atoms in total. The molecule has 0 fully saturated rings. The molecule has 1 rings (SSSR count). The first-order chi connectivity index (χ1) is 8.54. The van der Waals surface area contributed by atoms with Crippen molar-refractivity contribution >= 4 is 17.3 Å². The topological polar surface area (TPSA) is 84.3 Å². The van der Waals surface area contributed by atoms with Crippen molar-refractivity contribution in [2.75, 3.05) is 18.4 Å². The first-order valence-corrected chi connectivity index (χ1v) is 5.80. The minimum absolute atomic E-state index is 0.0302. The monoisotopic (exact) mass is 251 g/mol. The second-order valence-electron chi connectivity index (χ2n) is 3.98. The number of carbonyl (C=O) groups is 1. The average molecular weight is 251 g/mol. The van der Waals surface area contributed by atoms with Crippen LogP contribution in [0.5, 0.6) is 0 Å². The van der Waals surface area contributed by atoms with Gasteiger partial charge in [-0.1, -0.05) is 13.0 Å². The van der Waals surface area contributed by atoms with Crippen molar-refractivity contribution in [2.45, 2.75) is 20.3 Å². The van der Waals surface area contributed by atoms with Gasteiger partial charge < -0.3 is 10.6 Å². The number of anilines is 1. The average Bonchev–Trinajstić information content (AvgIpc) is 2.32. The summed E-state index contributed by atoms with van der Waals surface area (Å²) in [5.41, 5.74) is 1.24. The summed E-state index contributed by atoms with van der Waals surface area (Å²) in [6, 6.07) is 4.40. The molecule has 6 heteroatoms. The number of nitrogens with one attached hydrogen (secondary N) is 2. The van der Waals surface area contributed by atoms with E-state index in [9.17, 15) is 14.9 Å². The summed E-state index contributed by atoms with van der Waals surface area (Å²) in [7, 11) is 0. The van der Waals surface area contributed by atoms with E-state index in [2.05, 4.69) is 10.6 Å². The zero-order valence-electron chi connectivity index (χ0n) is 10.5. The zero-order valence-corrected chi connectivity index (χ0v) is 10.5. The van der Waals surface area contributed by atoms with Crippen LogP contribution in [-0.2, 0) is 4.79 Å². The van der Waals surface area contributed by atoms with Gasteiger partial charge in [-0.15, -0.1) is 0 Å². The quantitative estimate of drug-likeness (QED) is 0.459. The second kappa shape index (κ2) is 6.70. The Kier molecular flexibility index (Phi) is 5.26. The van der Waals surface area contributed by atoms with Gasteiger partial charge in [0.05, 0.1) is 17.2 Å². The molecule has 1 aromatic carbocycles. The molecule has 0 aliphatic carbocycles. The van der Waals surface area contributed by atoms with Gasteiger partial charge in [-0.3, -0.25) is 14.9 Å². The summed E-state index contributed by atoms with van der Waals surface area (Å²) < 4.78 is 0. The largest absolute Gasteiger partial charge is 0.324 e. The van der Waals surface area contributed by atoms with E-state index in [1.54, 1.807) is 13.0 Å². The molecular weight excluding hydrogens is 234 g/mol. The molecule has 2 N–H and O–H groups in total. The number of hydrogen-bond donors (Lipinski definition) is 2. The number of nitro groups is 1. The Bertz CT molecular complexity index is 446. The maximum Gasteiger partial charge on any atom is 0.271 e.